The van der Waals surface area contributed by atoms with E-state index in [2.05, 4.69) is 35.8 Å². The zero-order valence-corrected chi connectivity index (χ0v) is 13.0. The largest absolute Gasteiger partial charge is 0.478 e. The third kappa shape index (κ3) is 3.14. The van der Waals surface area contributed by atoms with Crippen LogP contribution < -0.4 is 0 Å². The predicted molar refractivity (Wildman–Crippen MR) is 89.5 cm³/mol. The minimum absolute atomic E-state index is 0.0530. The quantitative estimate of drug-likeness (QED) is 0.868. The van der Waals surface area contributed by atoms with Gasteiger partial charge in [0.2, 0.25) is 0 Å². The number of carbonyl (C=O) groups is 1. The Balaban J connectivity index is 1.78. The lowest BCUT2D eigenvalue weighted by molar-refractivity contribution is -0.0511. The summed E-state index contributed by atoms with van der Waals surface area (Å²) < 4.78 is 5.91. The fraction of sp³-hybridized carbons (Fsp3) is 0.316. The number of carboxylic acid groups (broad SMARTS) is 1. The number of rotatable bonds is 4. The number of ether oxygens (including phenoxy) is 1. The van der Waals surface area contributed by atoms with Crippen LogP contribution in [-0.2, 0) is 4.74 Å². The van der Waals surface area contributed by atoms with Gasteiger partial charge in [0.05, 0.1) is 23.8 Å². The molecule has 0 radical (unpaired) electrons. The molecule has 0 amide bonds. The fourth-order valence-corrected chi connectivity index (χ4v) is 3.21. The lowest BCUT2D eigenvalue weighted by Gasteiger charge is -2.44. The number of benzene rings is 1. The molecule has 4 heteroatoms. The summed E-state index contributed by atoms with van der Waals surface area (Å²) >= 11 is 0. The minimum Gasteiger partial charge on any atom is -0.478 e. The summed E-state index contributed by atoms with van der Waals surface area (Å²) in [5, 5.41) is 9.00. The van der Waals surface area contributed by atoms with Crippen molar-refractivity contribution in [2.24, 2.45) is 0 Å². The topological polar surface area (TPSA) is 49.8 Å². The summed E-state index contributed by atoms with van der Waals surface area (Å²) in [6.45, 7) is 6.29. The molecule has 23 heavy (non-hydrogen) atoms. The predicted octanol–water partition coefficient (Wildman–Crippen LogP) is 3.20. The van der Waals surface area contributed by atoms with E-state index in [1.807, 2.05) is 18.2 Å². The molecule has 1 saturated heterocycles. The lowest BCUT2D eigenvalue weighted by atomic mass is 9.88. The van der Waals surface area contributed by atoms with E-state index in [4.69, 9.17) is 9.84 Å². The second-order valence-electron chi connectivity index (χ2n) is 5.92. The first-order valence-electron chi connectivity index (χ1n) is 7.82. The van der Waals surface area contributed by atoms with Crippen LogP contribution in [-0.4, -0.2) is 41.2 Å². The Morgan fingerprint density at radius 2 is 2.13 bits per heavy atom. The fourth-order valence-electron chi connectivity index (χ4n) is 3.21. The van der Waals surface area contributed by atoms with Crippen molar-refractivity contribution in [1.29, 1.82) is 0 Å². The molecule has 0 spiro atoms. The van der Waals surface area contributed by atoms with Gasteiger partial charge < -0.3 is 9.84 Å². The molecule has 4 nitrogen and oxygen atoms in total. The lowest BCUT2D eigenvalue weighted by Crippen LogP contribution is -2.52. The standard InChI is InChI=1S/C19H21NO3/c1-2-19(10-4-3-5-11-19)20-12-13-23-17(14-20)15-6-8-16(9-7-15)18(21)22/h2-10,17H,1,11-14H2,(H,21,22)/t17-,19-/m1/s1. The van der Waals surface area contributed by atoms with Crippen molar-refractivity contribution in [2.75, 3.05) is 19.7 Å². The molecule has 1 aliphatic heterocycles. The Labute approximate surface area is 136 Å². The van der Waals surface area contributed by atoms with Gasteiger partial charge >= 0.3 is 5.97 Å². The van der Waals surface area contributed by atoms with Crippen LogP contribution in [0.25, 0.3) is 0 Å². The van der Waals surface area contributed by atoms with E-state index in [1.165, 1.54) is 0 Å². The van der Waals surface area contributed by atoms with Gasteiger partial charge in [-0.3, -0.25) is 4.90 Å². The van der Waals surface area contributed by atoms with Gasteiger partial charge in [-0.2, -0.15) is 0 Å². The zero-order chi connectivity index (χ0) is 16.3. The maximum atomic E-state index is 11.0. The minimum atomic E-state index is -0.910. The van der Waals surface area contributed by atoms with Gasteiger partial charge in [-0.25, -0.2) is 4.79 Å². The average Bonchev–Trinajstić information content (AvgIpc) is 2.62. The molecule has 0 aromatic heterocycles. The van der Waals surface area contributed by atoms with Gasteiger partial charge in [0.25, 0.3) is 0 Å². The molecule has 1 aromatic rings. The highest BCUT2D eigenvalue weighted by atomic mass is 16.5. The van der Waals surface area contributed by atoms with Crippen LogP contribution in [0.5, 0.6) is 0 Å². The normalized spacial score (nSPS) is 27.7. The second-order valence-corrected chi connectivity index (χ2v) is 5.92. The van der Waals surface area contributed by atoms with Crippen molar-refractivity contribution in [3.05, 3.63) is 72.4 Å². The molecule has 3 rings (SSSR count). The molecule has 2 aliphatic rings. The monoisotopic (exact) mass is 311 g/mol. The third-order valence-corrected chi connectivity index (χ3v) is 4.61. The Hall–Kier alpha value is -2.17. The van der Waals surface area contributed by atoms with Gasteiger partial charge in [0.15, 0.2) is 0 Å². The van der Waals surface area contributed by atoms with Crippen molar-refractivity contribution >= 4 is 5.97 Å². The summed E-state index contributed by atoms with van der Waals surface area (Å²) in [4.78, 5) is 13.4. The Morgan fingerprint density at radius 3 is 2.74 bits per heavy atom. The Morgan fingerprint density at radius 1 is 1.35 bits per heavy atom. The Bertz CT molecular complexity index is 647. The van der Waals surface area contributed by atoms with E-state index >= 15 is 0 Å². The summed E-state index contributed by atoms with van der Waals surface area (Å²) in [6.07, 6.45) is 11.3. The van der Waals surface area contributed by atoms with E-state index in [0.717, 1.165) is 25.1 Å². The third-order valence-electron chi connectivity index (χ3n) is 4.61. The second kappa shape index (κ2) is 6.52. The van der Waals surface area contributed by atoms with Crippen molar-refractivity contribution in [3.8, 4) is 0 Å². The van der Waals surface area contributed by atoms with Crippen LogP contribution in [0.4, 0.5) is 0 Å². The maximum Gasteiger partial charge on any atom is 0.335 e. The van der Waals surface area contributed by atoms with Gasteiger partial charge in [-0.05, 0) is 24.1 Å². The Kier molecular flexibility index (Phi) is 4.46. The highest BCUT2D eigenvalue weighted by Gasteiger charge is 2.35. The van der Waals surface area contributed by atoms with E-state index in [0.29, 0.717) is 12.2 Å². The highest BCUT2D eigenvalue weighted by molar-refractivity contribution is 5.87. The number of morpholine rings is 1. The summed E-state index contributed by atoms with van der Waals surface area (Å²) in [6, 6.07) is 6.95. The number of hydrogen-bond donors (Lipinski definition) is 1. The number of carboxylic acids is 1. The number of aromatic carboxylic acids is 1. The highest BCUT2D eigenvalue weighted by Crippen LogP contribution is 2.32. The maximum absolute atomic E-state index is 11.0. The van der Waals surface area contributed by atoms with Crippen LogP contribution in [0.1, 0.15) is 28.4 Å². The van der Waals surface area contributed by atoms with Crippen molar-refractivity contribution < 1.29 is 14.6 Å². The molecule has 1 heterocycles. The van der Waals surface area contributed by atoms with E-state index in [-0.39, 0.29) is 11.6 Å². The summed E-state index contributed by atoms with van der Waals surface area (Å²) in [7, 11) is 0. The number of allylic oxidation sites excluding steroid dienone is 2. The molecule has 1 aliphatic carbocycles. The van der Waals surface area contributed by atoms with Crippen LogP contribution >= 0.6 is 0 Å². The molecule has 1 aromatic carbocycles. The van der Waals surface area contributed by atoms with Crippen LogP contribution in [0.15, 0.2) is 61.2 Å². The summed E-state index contributed by atoms with van der Waals surface area (Å²) in [5.41, 5.74) is 1.15. The smallest absolute Gasteiger partial charge is 0.335 e. The van der Waals surface area contributed by atoms with Crippen molar-refractivity contribution in [3.63, 3.8) is 0 Å². The van der Waals surface area contributed by atoms with E-state index < -0.39 is 5.97 Å². The molecular formula is C19H21NO3. The SMILES string of the molecule is C=C[C@@]1(N2CCO[C@@H](c3ccc(C(=O)O)cc3)C2)C=CC=CC1. The van der Waals surface area contributed by atoms with Crippen LogP contribution in [0.3, 0.4) is 0 Å². The van der Waals surface area contributed by atoms with Gasteiger partial charge in [0, 0.05) is 13.1 Å². The van der Waals surface area contributed by atoms with Gasteiger partial charge in [-0.15, -0.1) is 6.58 Å². The molecular weight excluding hydrogens is 290 g/mol. The molecule has 0 unspecified atom stereocenters. The molecule has 1 N–H and O–H groups in total. The first-order valence-corrected chi connectivity index (χ1v) is 7.82. The first kappa shape index (κ1) is 15.7. The van der Waals surface area contributed by atoms with Crippen molar-refractivity contribution in [2.45, 2.75) is 18.1 Å². The zero-order valence-electron chi connectivity index (χ0n) is 13.0. The van der Waals surface area contributed by atoms with E-state index in [9.17, 15) is 4.79 Å². The number of nitrogens with zero attached hydrogens (tertiary/aromatic N) is 1. The van der Waals surface area contributed by atoms with Crippen LogP contribution in [0, 0.1) is 0 Å². The molecule has 0 bridgehead atoms. The van der Waals surface area contributed by atoms with Crippen LogP contribution in [0.2, 0.25) is 0 Å². The molecule has 120 valence electrons. The first-order chi connectivity index (χ1) is 11.1. The average molecular weight is 311 g/mol. The van der Waals surface area contributed by atoms with Gasteiger partial charge in [-0.1, -0.05) is 42.5 Å². The number of hydrogen-bond acceptors (Lipinski definition) is 3. The van der Waals surface area contributed by atoms with Crippen molar-refractivity contribution in [1.82, 2.24) is 4.90 Å². The van der Waals surface area contributed by atoms with Gasteiger partial charge in [0.1, 0.15) is 0 Å². The molecule has 1 fully saturated rings. The summed E-state index contributed by atoms with van der Waals surface area (Å²) in [5.74, 6) is -0.910. The van der Waals surface area contributed by atoms with E-state index in [1.54, 1.807) is 12.1 Å². The molecule has 2 atom stereocenters. The molecule has 0 saturated carbocycles.